The van der Waals surface area contributed by atoms with Gasteiger partial charge in [-0.3, -0.25) is 4.90 Å². The number of hydrogen-bond donors (Lipinski definition) is 1. The number of carbonyl (C=O) groups excluding carboxylic acids is 1. The minimum absolute atomic E-state index is 0.237. The average Bonchev–Trinajstić information content (AvgIpc) is 2.60. The topological polar surface area (TPSA) is 62.2 Å². The van der Waals surface area contributed by atoms with Gasteiger partial charge in [-0.1, -0.05) is 24.3 Å². The summed E-state index contributed by atoms with van der Waals surface area (Å²) in [5, 5.41) is 10.3. The molecule has 6 nitrogen and oxygen atoms in total. The van der Waals surface area contributed by atoms with Gasteiger partial charge in [-0.15, -0.1) is 6.58 Å². The van der Waals surface area contributed by atoms with Crippen molar-refractivity contribution in [2.24, 2.45) is 0 Å². The molecular weight excluding hydrogens is 344 g/mol. The van der Waals surface area contributed by atoms with E-state index >= 15 is 0 Å². The molecule has 1 aromatic rings. The van der Waals surface area contributed by atoms with Crippen molar-refractivity contribution in [2.75, 3.05) is 39.3 Å². The largest absolute Gasteiger partial charge is 0.491 e. The predicted molar refractivity (Wildman–Crippen MR) is 106 cm³/mol. The van der Waals surface area contributed by atoms with Gasteiger partial charge in [0.2, 0.25) is 0 Å². The van der Waals surface area contributed by atoms with Crippen LogP contribution in [0.5, 0.6) is 5.75 Å². The number of para-hydroxylation sites is 1. The lowest BCUT2D eigenvalue weighted by Gasteiger charge is -2.36. The number of hydrogen-bond acceptors (Lipinski definition) is 5. The number of piperazine rings is 1. The molecule has 1 amide bonds. The number of ether oxygens (including phenoxy) is 2. The summed E-state index contributed by atoms with van der Waals surface area (Å²) >= 11 is 0. The maximum Gasteiger partial charge on any atom is 0.410 e. The first kappa shape index (κ1) is 21.3. The van der Waals surface area contributed by atoms with Crippen molar-refractivity contribution in [1.82, 2.24) is 9.80 Å². The molecule has 1 aliphatic rings. The third-order valence-electron chi connectivity index (χ3n) is 4.26. The number of β-amino-alcohol motifs (C(OH)–C–C–N with tert-alkyl or cyclic N) is 1. The first-order chi connectivity index (χ1) is 12.8. The van der Waals surface area contributed by atoms with E-state index in [4.69, 9.17) is 9.47 Å². The van der Waals surface area contributed by atoms with Crippen molar-refractivity contribution in [2.45, 2.75) is 38.9 Å². The highest BCUT2D eigenvalue weighted by molar-refractivity contribution is 5.68. The van der Waals surface area contributed by atoms with Crippen molar-refractivity contribution < 1.29 is 19.4 Å². The van der Waals surface area contributed by atoms with Gasteiger partial charge < -0.3 is 19.5 Å². The van der Waals surface area contributed by atoms with E-state index in [9.17, 15) is 9.90 Å². The molecule has 1 unspecified atom stereocenters. The molecule has 0 saturated carbocycles. The highest BCUT2D eigenvalue weighted by atomic mass is 16.6. The number of aliphatic hydroxyl groups is 1. The summed E-state index contributed by atoms with van der Waals surface area (Å²) in [6, 6.07) is 7.79. The predicted octanol–water partition coefficient (Wildman–Crippen LogP) is 2.71. The van der Waals surface area contributed by atoms with Gasteiger partial charge >= 0.3 is 6.09 Å². The average molecular weight is 376 g/mol. The molecule has 150 valence electrons. The van der Waals surface area contributed by atoms with Crippen molar-refractivity contribution in [3.05, 3.63) is 42.5 Å². The van der Waals surface area contributed by atoms with E-state index < -0.39 is 11.7 Å². The Bertz CT molecular complexity index is 619. The van der Waals surface area contributed by atoms with Crippen LogP contribution in [-0.4, -0.2) is 72.0 Å². The van der Waals surface area contributed by atoms with Gasteiger partial charge in [0.25, 0.3) is 0 Å². The molecule has 0 aliphatic carbocycles. The smallest absolute Gasteiger partial charge is 0.410 e. The second kappa shape index (κ2) is 9.76. The van der Waals surface area contributed by atoms with Crippen LogP contribution in [0.2, 0.25) is 0 Å². The number of amides is 1. The first-order valence-corrected chi connectivity index (χ1v) is 9.48. The summed E-state index contributed by atoms with van der Waals surface area (Å²) in [4.78, 5) is 16.0. The van der Waals surface area contributed by atoms with Gasteiger partial charge in [-0.25, -0.2) is 4.79 Å². The van der Waals surface area contributed by atoms with Gasteiger partial charge in [0.1, 0.15) is 24.1 Å². The highest BCUT2D eigenvalue weighted by Crippen LogP contribution is 2.19. The second-order valence-corrected chi connectivity index (χ2v) is 7.83. The highest BCUT2D eigenvalue weighted by Gasteiger charge is 2.26. The van der Waals surface area contributed by atoms with E-state index in [1.54, 1.807) is 4.90 Å². The van der Waals surface area contributed by atoms with Gasteiger partial charge in [0, 0.05) is 32.7 Å². The first-order valence-electron chi connectivity index (χ1n) is 9.48. The van der Waals surface area contributed by atoms with E-state index in [0.717, 1.165) is 17.7 Å². The number of benzene rings is 1. The van der Waals surface area contributed by atoms with E-state index in [0.29, 0.717) is 32.7 Å². The molecule has 2 rings (SSSR count). The Morgan fingerprint density at radius 1 is 1.26 bits per heavy atom. The molecule has 1 atom stereocenters. The van der Waals surface area contributed by atoms with Crippen LogP contribution in [0.4, 0.5) is 4.79 Å². The van der Waals surface area contributed by atoms with Gasteiger partial charge in [0.05, 0.1) is 0 Å². The van der Waals surface area contributed by atoms with Crippen LogP contribution in [0, 0.1) is 0 Å². The fourth-order valence-electron chi connectivity index (χ4n) is 2.94. The Morgan fingerprint density at radius 3 is 2.56 bits per heavy atom. The molecule has 0 spiro atoms. The molecule has 1 fully saturated rings. The second-order valence-electron chi connectivity index (χ2n) is 7.83. The molecule has 1 aromatic carbocycles. The fraction of sp³-hybridized carbons (Fsp3) is 0.571. The van der Waals surface area contributed by atoms with E-state index in [1.165, 1.54) is 0 Å². The fourth-order valence-corrected chi connectivity index (χ4v) is 2.94. The summed E-state index contributed by atoms with van der Waals surface area (Å²) in [7, 11) is 0. The summed E-state index contributed by atoms with van der Waals surface area (Å²) in [5.41, 5.74) is 0.578. The van der Waals surface area contributed by atoms with Crippen LogP contribution in [0.25, 0.3) is 0 Å². The Hall–Kier alpha value is -2.05. The molecule has 0 aromatic heterocycles. The van der Waals surface area contributed by atoms with Gasteiger partial charge in [-0.2, -0.15) is 0 Å². The molecule has 27 heavy (non-hydrogen) atoms. The molecular formula is C21H32N2O4. The zero-order valence-corrected chi connectivity index (χ0v) is 16.7. The maximum atomic E-state index is 12.1. The van der Waals surface area contributed by atoms with Crippen LogP contribution < -0.4 is 4.74 Å². The summed E-state index contributed by atoms with van der Waals surface area (Å²) in [6.07, 6.45) is 1.71. The minimum Gasteiger partial charge on any atom is -0.491 e. The molecule has 1 N–H and O–H groups in total. The molecule has 0 bridgehead atoms. The van der Waals surface area contributed by atoms with E-state index in [-0.39, 0.29) is 12.7 Å². The number of carbonyl (C=O) groups is 1. The van der Waals surface area contributed by atoms with Crippen molar-refractivity contribution in [3.8, 4) is 5.75 Å². The summed E-state index contributed by atoms with van der Waals surface area (Å²) < 4.78 is 11.2. The minimum atomic E-state index is -0.588. The summed E-state index contributed by atoms with van der Waals surface area (Å²) in [6.45, 7) is 12.7. The molecule has 1 heterocycles. The molecule has 1 saturated heterocycles. The van der Waals surface area contributed by atoms with Crippen LogP contribution in [0.3, 0.4) is 0 Å². The molecule has 6 heteroatoms. The standard InChI is InChI=1S/C21H32N2O4/c1-5-8-17-9-6-7-10-19(17)26-16-18(24)15-22-11-13-23(14-12-22)20(25)27-21(2,3)4/h5-7,9-10,18,24H,1,8,11-16H2,2-4H3. The van der Waals surface area contributed by atoms with Crippen LogP contribution in [0.1, 0.15) is 26.3 Å². The maximum absolute atomic E-state index is 12.1. The Morgan fingerprint density at radius 2 is 1.93 bits per heavy atom. The number of aliphatic hydroxyl groups excluding tert-OH is 1. The lowest BCUT2D eigenvalue weighted by atomic mass is 10.1. The number of rotatable bonds is 7. The number of nitrogens with zero attached hydrogens (tertiary/aromatic N) is 2. The third kappa shape index (κ3) is 7.23. The van der Waals surface area contributed by atoms with Crippen LogP contribution in [-0.2, 0) is 11.2 Å². The van der Waals surface area contributed by atoms with Crippen LogP contribution in [0.15, 0.2) is 36.9 Å². The SMILES string of the molecule is C=CCc1ccccc1OCC(O)CN1CCN(C(=O)OC(C)(C)C)CC1. The monoisotopic (exact) mass is 376 g/mol. The van der Waals surface area contributed by atoms with E-state index in [1.807, 2.05) is 51.1 Å². The zero-order chi connectivity index (χ0) is 19.9. The Balaban J connectivity index is 1.74. The third-order valence-corrected chi connectivity index (χ3v) is 4.26. The van der Waals surface area contributed by atoms with Crippen LogP contribution >= 0.6 is 0 Å². The quantitative estimate of drug-likeness (QED) is 0.742. The summed E-state index contributed by atoms with van der Waals surface area (Å²) in [5.74, 6) is 0.784. The van der Waals surface area contributed by atoms with Gasteiger partial charge in [0.15, 0.2) is 0 Å². The van der Waals surface area contributed by atoms with Crippen molar-refractivity contribution in [3.63, 3.8) is 0 Å². The normalized spacial score (nSPS) is 16.7. The Labute approximate surface area is 162 Å². The van der Waals surface area contributed by atoms with Crippen molar-refractivity contribution >= 4 is 6.09 Å². The molecule has 0 radical (unpaired) electrons. The Kier molecular flexibility index (Phi) is 7.68. The lowest BCUT2D eigenvalue weighted by Crippen LogP contribution is -2.51. The van der Waals surface area contributed by atoms with E-state index in [2.05, 4.69) is 11.5 Å². The van der Waals surface area contributed by atoms with Gasteiger partial charge in [-0.05, 0) is 38.8 Å². The zero-order valence-electron chi connectivity index (χ0n) is 16.7. The lowest BCUT2D eigenvalue weighted by molar-refractivity contribution is 0.00711. The van der Waals surface area contributed by atoms with Crippen molar-refractivity contribution in [1.29, 1.82) is 0 Å². The number of allylic oxidation sites excluding steroid dienone is 1. The molecule has 1 aliphatic heterocycles.